The van der Waals surface area contributed by atoms with E-state index in [1.165, 1.54) is 19.2 Å². The van der Waals surface area contributed by atoms with Crippen LogP contribution >= 0.6 is 11.6 Å². The summed E-state index contributed by atoms with van der Waals surface area (Å²) < 4.78 is 35.4. The van der Waals surface area contributed by atoms with Crippen LogP contribution in [0.4, 0.5) is 11.4 Å². The molecule has 0 aliphatic heterocycles. The molecular weight excluding hydrogens is 452 g/mol. The largest absolute Gasteiger partial charge is 0.495 e. The first-order chi connectivity index (χ1) is 15.2. The summed E-state index contributed by atoms with van der Waals surface area (Å²) in [4.78, 5) is 16.9. The number of nitrogens with one attached hydrogen (secondary N) is 2. The fourth-order valence-electron chi connectivity index (χ4n) is 3.08. The van der Waals surface area contributed by atoms with E-state index in [-0.39, 0.29) is 22.0 Å². The molecule has 32 heavy (non-hydrogen) atoms. The molecule has 0 radical (unpaired) electrons. The minimum Gasteiger partial charge on any atom is -0.495 e. The molecule has 2 N–H and O–H groups in total. The van der Waals surface area contributed by atoms with E-state index in [4.69, 9.17) is 16.3 Å². The topological polar surface area (TPSA) is 102 Å². The number of sulfonamides is 1. The molecule has 164 valence electrons. The molecule has 0 atom stereocenters. The third-order valence-corrected chi connectivity index (χ3v) is 6.31. The summed E-state index contributed by atoms with van der Waals surface area (Å²) in [5, 5.41) is 3.17. The summed E-state index contributed by atoms with van der Waals surface area (Å²) in [6.07, 6.45) is 3.42. The summed E-state index contributed by atoms with van der Waals surface area (Å²) in [7, 11) is -2.64. The lowest BCUT2D eigenvalue weighted by Crippen LogP contribution is -2.16. The summed E-state index contributed by atoms with van der Waals surface area (Å²) in [6, 6.07) is 14.4. The lowest BCUT2D eigenvalue weighted by Gasteiger charge is -2.13. The molecule has 2 aromatic heterocycles. The molecule has 0 aliphatic rings. The number of rotatable bonds is 6. The number of hydrogen-bond donors (Lipinski definition) is 2. The standard InChI is InChI=1S/C22H19ClN4O4S/c1-14-9-10-27-13-18(25-21(27)11-14)22(28)24-17-7-8-19(31-2)20(12-17)32(29,30)26-16-5-3-15(23)4-6-16/h3-13,26H,1-2H3,(H,24,28). The Labute approximate surface area is 189 Å². The number of anilines is 2. The highest BCUT2D eigenvalue weighted by Crippen LogP contribution is 2.29. The molecule has 0 bridgehead atoms. The number of aromatic nitrogens is 2. The van der Waals surface area contributed by atoms with Gasteiger partial charge in [-0.05, 0) is 67.1 Å². The van der Waals surface area contributed by atoms with Crippen molar-refractivity contribution in [3.63, 3.8) is 0 Å². The Morgan fingerprint density at radius 1 is 1.06 bits per heavy atom. The summed E-state index contributed by atoms with van der Waals surface area (Å²) in [5.41, 5.74) is 2.48. The Morgan fingerprint density at radius 2 is 1.78 bits per heavy atom. The quantitative estimate of drug-likeness (QED) is 0.436. The first-order valence-corrected chi connectivity index (χ1v) is 11.3. The van der Waals surface area contributed by atoms with Gasteiger partial charge in [0.1, 0.15) is 22.0 Å². The number of pyridine rings is 1. The minimum atomic E-state index is -4.01. The fraction of sp³-hybridized carbons (Fsp3) is 0.0909. The number of methoxy groups -OCH3 is 1. The normalized spacial score (nSPS) is 11.3. The number of amides is 1. The van der Waals surface area contributed by atoms with E-state index in [1.54, 1.807) is 40.9 Å². The summed E-state index contributed by atoms with van der Waals surface area (Å²) in [6.45, 7) is 1.94. The molecule has 0 spiro atoms. The van der Waals surface area contributed by atoms with E-state index in [0.717, 1.165) is 5.56 Å². The molecule has 2 heterocycles. The highest BCUT2D eigenvalue weighted by Gasteiger charge is 2.21. The number of carbonyl (C=O) groups is 1. The molecule has 0 fully saturated rings. The van der Waals surface area contributed by atoms with Crippen molar-refractivity contribution in [2.24, 2.45) is 0 Å². The monoisotopic (exact) mass is 470 g/mol. The first kappa shape index (κ1) is 21.7. The third-order valence-electron chi connectivity index (χ3n) is 4.66. The van der Waals surface area contributed by atoms with Gasteiger partial charge in [0.2, 0.25) is 0 Å². The number of halogens is 1. The van der Waals surface area contributed by atoms with Crippen molar-refractivity contribution in [1.29, 1.82) is 0 Å². The lowest BCUT2D eigenvalue weighted by atomic mass is 10.3. The Kier molecular flexibility index (Phi) is 5.77. The minimum absolute atomic E-state index is 0.127. The van der Waals surface area contributed by atoms with Gasteiger partial charge in [-0.3, -0.25) is 9.52 Å². The second kappa shape index (κ2) is 8.52. The van der Waals surface area contributed by atoms with Gasteiger partial charge in [-0.25, -0.2) is 13.4 Å². The number of hydrogen-bond acceptors (Lipinski definition) is 5. The van der Waals surface area contributed by atoms with Gasteiger partial charge >= 0.3 is 0 Å². The van der Waals surface area contributed by atoms with Crippen LogP contribution in [0.15, 0.2) is 71.9 Å². The highest BCUT2D eigenvalue weighted by atomic mass is 35.5. The zero-order valence-electron chi connectivity index (χ0n) is 17.2. The van der Waals surface area contributed by atoms with Gasteiger partial charge in [0.25, 0.3) is 15.9 Å². The number of carbonyl (C=O) groups excluding carboxylic acids is 1. The number of benzene rings is 2. The van der Waals surface area contributed by atoms with Crippen LogP contribution in [0.1, 0.15) is 16.1 Å². The maximum absolute atomic E-state index is 13.0. The van der Waals surface area contributed by atoms with Gasteiger partial charge in [0.05, 0.1) is 7.11 Å². The van der Waals surface area contributed by atoms with Gasteiger partial charge in [0.15, 0.2) is 0 Å². The van der Waals surface area contributed by atoms with Crippen molar-refractivity contribution in [3.8, 4) is 5.75 Å². The predicted octanol–water partition coefficient (Wildman–Crippen LogP) is 4.36. The number of aryl methyl sites for hydroxylation is 1. The van der Waals surface area contributed by atoms with Crippen molar-refractivity contribution >= 4 is 44.6 Å². The molecule has 2 aromatic carbocycles. The van der Waals surface area contributed by atoms with Crippen LogP contribution in [0.5, 0.6) is 5.75 Å². The average molecular weight is 471 g/mol. The lowest BCUT2D eigenvalue weighted by molar-refractivity contribution is 0.102. The van der Waals surface area contributed by atoms with Crippen LogP contribution in [0.2, 0.25) is 5.02 Å². The Morgan fingerprint density at radius 3 is 2.50 bits per heavy atom. The van der Waals surface area contributed by atoms with Crippen LogP contribution in [-0.4, -0.2) is 30.8 Å². The second-order valence-electron chi connectivity index (χ2n) is 7.03. The van der Waals surface area contributed by atoms with Crippen molar-refractivity contribution in [2.45, 2.75) is 11.8 Å². The molecule has 0 saturated carbocycles. The highest BCUT2D eigenvalue weighted by molar-refractivity contribution is 7.92. The maximum Gasteiger partial charge on any atom is 0.275 e. The Hall–Kier alpha value is -3.56. The zero-order valence-corrected chi connectivity index (χ0v) is 18.7. The van der Waals surface area contributed by atoms with E-state index >= 15 is 0 Å². The SMILES string of the molecule is COc1ccc(NC(=O)c2cn3ccc(C)cc3n2)cc1S(=O)(=O)Nc1ccc(Cl)cc1. The Bertz CT molecular complexity index is 1420. The number of ether oxygens (including phenoxy) is 1. The van der Waals surface area contributed by atoms with Crippen molar-refractivity contribution in [2.75, 3.05) is 17.1 Å². The average Bonchev–Trinajstić information content (AvgIpc) is 3.18. The molecule has 0 unspecified atom stereocenters. The zero-order chi connectivity index (χ0) is 22.9. The van der Waals surface area contributed by atoms with Crippen LogP contribution in [0, 0.1) is 6.92 Å². The van der Waals surface area contributed by atoms with E-state index in [0.29, 0.717) is 16.4 Å². The smallest absolute Gasteiger partial charge is 0.275 e. The van der Waals surface area contributed by atoms with E-state index in [1.807, 2.05) is 25.3 Å². The van der Waals surface area contributed by atoms with Gasteiger partial charge in [-0.2, -0.15) is 0 Å². The molecule has 4 rings (SSSR count). The molecule has 1 amide bonds. The molecule has 10 heteroatoms. The van der Waals surface area contributed by atoms with Crippen LogP contribution in [0.25, 0.3) is 5.65 Å². The molecular formula is C22H19ClN4O4S. The third kappa shape index (κ3) is 4.53. The van der Waals surface area contributed by atoms with Crippen molar-refractivity contribution < 1.29 is 17.9 Å². The summed E-state index contributed by atoms with van der Waals surface area (Å²) in [5.74, 6) is -0.335. The first-order valence-electron chi connectivity index (χ1n) is 9.48. The number of nitrogens with zero attached hydrogens (tertiary/aromatic N) is 2. The van der Waals surface area contributed by atoms with Crippen molar-refractivity contribution in [1.82, 2.24) is 9.38 Å². The summed E-state index contributed by atoms with van der Waals surface area (Å²) >= 11 is 5.86. The molecule has 0 aliphatic carbocycles. The van der Waals surface area contributed by atoms with E-state index in [2.05, 4.69) is 15.0 Å². The fourth-order valence-corrected chi connectivity index (χ4v) is 4.46. The maximum atomic E-state index is 13.0. The predicted molar refractivity (Wildman–Crippen MR) is 123 cm³/mol. The Balaban J connectivity index is 1.61. The molecule has 0 saturated heterocycles. The van der Waals surface area contributed by atoms with Gasteiger partial charge in [-0.15, -0.1) is 0 Å². The van der Waals surface area contributed by atoms with Crippen LogP contribution in [-0.2, 0) is 10.0 Å². The number of imidazole rings is 1. The number of fused-ring (bicyclic) bond motifs is 1. The van der Waals surface area contributed by atoms with Crippen LogP contribution in [0.3, 0.4) is 0 Å². The van der Waals surface area contributed by atoms with Gasteiger partial charge in [0, 0.05) is 28.8 Å². The van der Waals surface area contributed by atoms with Gasteiger partial charge < -0.3 is 14.5 Å². The molecule has 4 aromatic rings. The molecule has 8 nitrogen and oxygen atoms in total. The van der Waals surface area contributed by atoms with Crippen LogP contribution < -0.4 is 14.8 Å². The second-order valence-corrected chi connectivity index (χ2v) is 9.12. The van der Waals surface area contributed by atoms with Gasteiger partial charge in [-0.1, -0.05) is 11.6 Å². The van der Waals surface area contributed by atoms with E-state index in [9.17, 15) is 13.2 Å². The van der Waals surface area contributed by atoms with E-state index < -0.39 is 15.9 Å². The van der Waals surface area contributed by atoms with Crippen molar-refractivity contribution in [3.05, 3.63) is 83.3 Å².